The molecule has 2 rings (SSSR count). The molecule has 94 valence electrons. The molecule has 0 bridgehead atoms. The van der Waals surface area contributed by atoms with Gasteiger partial charge in [0.15, 0.2) is 0 Å². The molecule has 1 N–H and O–H groups in total. The molecule has 0 aromatic heterocycles. The highest BCUT2D eigenvalue weighted by Crippen LogP contribution is 2.33. The molecule has 1 heterocycles. The zero-order chi connectivity index (χ0) is 11.8. The molecule has 2 fully saturated rings. The van der Waals surface area contributed by atoms with E-state index in [0.29, 0.717) is 6.04 Å². The van der Waals surface area contributed by atoms with Crippen molar-refractivity contribution in [1.29, 1.82) is 0 Å². The fraction of sp³-hybridized carbons (Fsp3) is 1.00. The summed E-state index contributed by atoms with van der Waals surface area (Å²) in [6.07, 6.45) is -0.439. The Balaban J connectivity index is 1.68. The van der Waals surface area contributed by atoms with Crippen molar-refractivity contribution in [2.75, 3.05) is 20.1 Å². The maximum absolute atomic E-state index is 12.4. The highest BCUT2D eigenvalue weighted by molar-refractivity contribution is 4.87. The molecule has 5 heteroatoms. The van der Waals surface area contributed by atoms with Crippen LogP contribution in [-0.2, 0) is 0 Å². The van der Waals surface area contributed by atoms with E-state index in [9.17, 15) is 13.2 Å². The topological polar surface area (TPSA) is 15.3 Å². The summed E-state index contributed by atoms with van der Waals surface area (Å²) in [5.74, 6) is -1.14. The second-order valence-corrected chi connectivity index (χ2v) is 5.08. The first-order valence-electron chi connectivity index (χ1n) is 5.97. The van der Waals surface area contributed by atoms with Gasteiger partial charge in [-0.15, -0.1) is 0 Å². The van der Waals surface area contributed by atoms with E-state index in [2.05, 4.69) is 17.3 Å². The van der Waals surface area contributed by atoms with Crippen LogP contribution in [0.15, 0.2) is 0 Å². The van der Waals surface area contributed by atoms with Crippen LogP contribution in [-0.4, -0.2) is 43.3 Å². The molecule has 0 spiro atoms. The van der Waals surface area contributed by atoms with Crippen molar-refractivity contribution in [1.82, 2.24) is 10.2 Å². The number of rotatable bonds is 4. The fourth-order valence-corrected chi connectivity index (χ4v) is 2.35. The normalized spacial score (nSPS) is 31.3. The fourth-order valence-electron chi connectivity index (χ4n) is 2.35. The van der Waals surface area contributed by atoms with Crippen molar-refractivity contribution in [3.63, 3.8) is 0 Å². The molecule has 2 atom stereocenters. The molecule has 0 aromatic carbocycles. The van der Waals surface area contributed by atoms with E-state index in [0.717, 1.165) is 13.0 Å². The molecule has 2 aliphatic rings. The van der Waals surface area contributed by atoms with Crippen LogP contribution in [0.4, 0.5) is 13.2 Å². The predicted molar refractivity (Wildman–Crippen MR) is 56.2 cm³/mol. The van der Waals surface area contributed by atoms with Crippen molar-refractivity contribution in [3.8, 4) is 0 Å². The summed E-state index contributed by atoms with van der Waals surface area (Å²) in [4.78, 5) is 2.27. The number of halogens is 3. The third-order valence-corrected chi connectivity index (χ3v) is 3.69. The van der Waals surface area contributed by atoms with Gasteiger partial charge < -0.3 is 10.2 Å². The summed E-state index contributed by atoms with van der Waals surface area (Å²) in [6.45, 7) is 1.01. The second-order valence-electron chi connectivity index (χ2n) is 5.08. The number of nitrogens with zero attached hydrogens (tertiary/aromatic N) is 1. The highest BCUT2D eigenvalue weighted by Gasteiger charge is 2.43. The number of hydrogen-bond donors (Lipinski definition) is 1. The van der Waals surface area contributed by atoms with Gasteiger partial charge in [-0.05, 0) is 39.3 Å². The van der Waals surface area contributed by atoms with Crippen molar-refractivity contribution in [2.24, 2.45) is 5.92 Å². The molecule has 1 aliphatic carbocycles. The van der Waals surface area contributed by atoms with Gasteiger partial charge >= 0.3 is 6.18 Å². The highest BCUT2D eigenvalue weighted by atomic mass is 19.4. The standard InChI is InChI=1S/C11H19F3N2/c1-16(10-2-3-10)5-4-9-6-8(7-15-9)11(12,13)14/h8-10,15H,2-7H2,1H3. The molecule has 1 saturated heterocycles. The molecule has 0 aromatic rings. The summed E-state index contributed by atoms with van der Waals surface area (Å²) in [6, 6.07) is 0.743. The van der Waals surface area contributed by atoms with E-state index in [1.807, 2.05) is 0 Å². The SMILES string of the molecule is CN(CCC1CC(C(F)(F)F)CN1)C1CC1. The summed E-state index contributed by atoms with van der Waals surface area (Å²) in [5.41, 5.74) is 0. The first-order valence-corrected chi connectivity index (χ1v) is 5.97. The lowest BCUT2D eigenvalue weighted by molar-refractivity contribution is -0.169. The lowest BCUT2D eigenvalue weighted by Gasteiger charge is -2.18. The molecule has 0 amide bonds. The van der Waals surface area contributed by atoms with Crippen LogP contribution in [0, 0.1) is 5.92 Å². The first-order chi connectivity index (χ1) is 7.47. The van der Waals surface area contributed by atoms with Crippen molar-refractivity contribution in [3.05, 3.63) is 0 Å². The number of alkyl halides is 3. The third-order valence-electron chi connectivity index (χ3n) is 3.69. The summed E-state index contributed by atoms with van der Waals surface area (Å²) in [5, 5.41) is 2.98. The molecule has 1 aliphatic heterocycles. The molecular weight excluding hydrogens is 217 g/mol. The Bertz CT molecular complexity index is 238. The van der Waals surface area contributed by atoms with Crippen LogP contribution < -0.4 is 5.32 Å². The average Bonchev–Trinajstić information content (AvgIpc) is 2.92. The van der Waals surface area contributed by atoms with E-state index in [1.165, 1.54) is 12.8 Å². The minimum atomic E-state index is -4.02. The van der Waals surface area contributed by atoms with Crippen LogP contribution in [0.1, 0.15) is 25.7 Å². The maximum atomic E-state index is 12.4. The van der Waals surface area contributed by atoms with Crippen LogP contribution in [0.2, 0.25) is 0 Å². The molecule has 0 radical (unpaired) electrons. The van der Waals surface area contributed by atoms with Crippen molar-refractivity contribution >= 4 is 0 Å². The molecule has 16 heavy (non-hydrogen) atoms. The largest absolute Gasteiger partial charge is 0.393 e. The predicted octanol–water partition coefficient (Wildman–Crippen LogP) is 2.01. The summed E-state index contributed by atoms with van der Waals surface area (Å²) in [7, 11) is 2.06. The van der Waals surface area contributed by atoms with Crippen LogP contribution in [0.25, 0.3) is 0 Å². The monoisotopic (exact) mass is 236 g/mol. The van der Waals surface area contributed by atoms with Gasteiger partial charge in [0.05, 0.1) is 5.92 Å². The van der Waals surface area contributed by atoms with Crippen molar-refractivity contribution in [2.45, 2.75) is 43.9 Å². The van der Waals surface area contributed by atoms with Crippen molar-refractivity contribution < 1.29 is 13.2 Å². The van der Waals surface area contributed by atoms with Gasteiger partial charge in [0.1, 0.15) is 0 Å². The van der Waals surface area contributed by atoms with E-state index in [-0.39, 0.29) is 19.0 Å². The van der Waals surface area contributed by atoms with Crippen LogP contribution in [0.5, 0.6) is 0 Å². The van der Waals surface area contributed by atoms with E-state index >= 15 is 0 Å². The van der Waals surface area contributed by atoms with Gasteiger partial charge in [-0.25, -0.2) is 0 Å². The second kappa shape index (κ2) is 4.53. The minimum absolute atomic E-state index is 0.0489. The maximum Gasteiger partial charge on any atom is 0.393 e. The molecule has 1 saturated carbocycles. The van der Waals surface area contributed by atoms with Gasteiger partial charge in [0, 0.05) is 18.6 Å². The third kappa shape index (κ3) is 3.10. The Morgan fingerprint density at radius 2 is 2.00 bits per heavy atom. The van der Waals surface area contributed by atoms with Crippen LogP contribution >= 0.6 is 0 Å². The summed E-state index contributed by atoms with van der Waals surface area (Å²) < 4.78 is 37.3. The minimum Gasteiger partial charge on any atom is -0.313 e. The van der Waals surface area contributed by atoms with Gasteiger partial charge in [-0.3, -0.25) is 0 Å². The zero-order valence-electron chi connectivity index (χ0n) is 9.56. The number of hydrogen-bond acceptors (Lipinski definition) is 2. The van der Waals surface area contributed by atoms with Gasteiger partial charge in [0.2, 0.25) is 0 Å². The lowest BCUT2D eigenvalue weighted by atomic mass is 10.0. The van der Waals surface area contributed by atoms with E-state index in [4.69, 9.17) is 0 Å². The van der Waals surface area contributed by atoms with E-state index in [1.54, 1.807) is 0 Å². The Kier molecular flexibility index (Phi) is 3.45. The Labute approximate surface area is 94.2 Å². The Morgan fingerprint density at radius 3 is 2.50 bits per heavy atom. The molecular formula is C11H19F3N2. The number of nitrogens with one attached hydrogen (secondary N) is 1. The molecule has 2 nitrogen and oxygen atoms in total. The lowest BCUT2D eigenvalue weighted by Crippen LogP contribution is -2.29. The smallest absolute Gasteiger partial charge is 0.313 e. The quantitative estimate of drug-likeness (QED) is 0.803. The summed E-state index contributed by atoms with van der Waals surface area (Å²) >= 11 is 0. The Hall–Kier alpha value is -0.290. The van der Waals surface area contributed by atoms with Crippen LogP contribution in [0.3, 0.4) is 0 Å². The van der Waals surface area contributed by atoms with Gasteiger partial charge in [0.25, 0.3) is 0 Å². The van der Waals surface area contributed by atoms with Gasteiger partial charge in [-0.1, -0.05) is 0 Å². The first kappa shape index (κ1) is 12.2. The Morgan fingerprint density at radius 1 is 1.31 bits per heavy atom. The van der Waals surface area contributed by atoms with E-state index < -0.39 is 12.1 Å². The van der Waals surface area contributed by atoms with Gasteiger partial charge in [-0.2, -0.15) is 13.2 Å². The molecule has 2 unspecified atom stereocenters. The zero-order valence-corrected chi connectivity index (χ0v) is 9.56. The average molecular weight is 236 g/mol.